The van der Waals surface area contributed by atoms with E-state index in [1.165, 1.54) is 24.3 Å². The molecule has 9 heteroatoms. The number of hydrazine groups is 1. The van der Waals surface area contributed by atoms with Crippen LogP contribution >= 0.6 is 12.2 Å². The van der Waals surface area contributed by atoms with Crippen molar-refractivity contribution in [2.75, 3.05) is 0 Å². The molecule has 2 aromatic carbocycles. The quantitative estimate of drug-likeness (QED) is 0.438. The summed E-state index contributed by atoms with van der Waals surface area (Å²) in [6.07, 6.45) is 0. The number of aryl methyl sites for hydroxylation is 1. The van der Waals surface area contributed by atoms with E-state index in [0.717, 1.165) is 5.56 Å². The van der Waals surface area contributed by atoms with E-state index in [1.54, 1.807) is 18.2 Å². The number of thiocarbonyl (C=S) groups is 1. The number of nitro groups is 1. The lowest BCUT2D eigenvalue weighted by Crippen LogP contribution is -2.48. The second-order valence-electron chi connectivity index (χ2n) is 5.04. The molecule has 0 radical (unpaired) electrons. The molecular weight excluding hydrogens is 344 g/mol. The minimum absolute atomic E-state index is 0.0817. The summed E-state index contributed by atoms with van der Waals surface area (Å²) < 4.78 is 0. The zero-order valence-corrected chi connectivity index (χ0v) is 13.9. The molecule has 0 bridgehead atoms. The van der Waals surface area contributed by atoms with E-state index < -0.39 is 16.7 Å². The molecular formula is C16H14N4O4S. The van der Waals surface area contributed by atoms with E-state index in [-0.39, 0.29) is 16.4 Å². The molecule has 25 heavy (non-hydrogen) atoms. The van der Waals surface area contributed by atoms with Gasteiger partial charge in [-0.25, -0.2) is 0 Å². The van der Waals surface area contributed by atoms with E-state index in [2.05, 4.69) is 16.2 Å². The van der Waals surface area contributed by atoms with Crippen LogP contribution in [0.2, 0.25) is 0 Å². The van der Waals surface area contributed by atoms with Gasteiger partial charge in [0.05, 0.1) is 4.92 Å². The van der Waals surface area contributed by atoms with Gasteiger partial charge in [0, 0.05) is 23.3 Å². The van der Waals surface area contributed by atoms with Gasteiger partial charge >= 0.3 is 0 Å². The number of hydrogen-bond acceptors (Lipinski definition) is 5. The van der Waals surface area contributed by atoms with E-state index in [4.69, 9.17) is 12.2 Å². The van der Waals surface area contributed by atoms with Crippen molar-refractivity contribution in [2.45, 2.75) is 6.92 Å². The smallest absolute Gasteiger partial charge is 0.269 e. The number of non-ortho nitro benzene ring substituents is 1. The number of hydrogen-bond donors (Lipinski definition) is 3. The van der Waals surface area contributed by atoms with Crippen LogP contribution < -0.4 is 16.2 Å². The third kappa shape index (κ3) is 5.08. The predicted octanol–water partition coefficient (Wildman–Crippen LogP) is 1.85. The lowest BCUT2D eigenvalue weighted by molar-refractivity contribution is -0.384. The Kier molecular flexibility index (Phi) is 5.75. The Balaban J connectivity index is 1.87. The second-order valence-corrected chi connectivity index (χ2v) is 5.44. The van der Waals surface area contributed by atoms with Crippen molar-refractivity contribution in [3.8, 4) is 0 Å². The Hall–Kier alpha value is -3.33. The highest BCUT2D eigenvalue weighted by atomic mass is 32.1. The largest absolute Gasteiger partial charge is 0.298 e. The summed E-state index contributed by atoms with van der Waals surface area (Å²) in [5.74, 6) is -0.965. The highest BCUT2D eigenvalue weighted by molar-refractivity contribution is 7.80. The molecule has 2 amide bonds. The van der Waals surface area contributed by atoms with Crippen molar-refractivity contribution in [1.29, 1.82) is 0 Å². The average molecular weight is 358 g/mol. The maximum absolute atomic E-state index is 12.0. The summed E-state index contributed by atoms with van der Waals surface area (Å²) >= 11 is 4.94. The number of carbonyl (C=O) groups excluding carboxylic acids is 2. The number of carbonyl (C=O) groups is 2. The highest BCUT2D eigenvalue weighted by Gasteiger charge is 2.11. The number of benzene rings is 2. The Morgan fingerprint density at radius 1 is 1.00 bits per heavy atom. The first-order chi connectivity index (χ1) is 11.9. The molecule has 0 heterocycles. The zero-order valence-electron chi connectivity index (χ0n) is 13.1. The van der Waals surface area contributed by atoms with E-state index in [1.807, 2.05) is 13.0 Å². The van der Waals surface area contributed by atoms with Gasteiger partial charge in [-0.05, 0) is 43.4 Å². The van der Waals surface area contributed by atoms with Crippen molar-refractivity contribution < 1.29 is 14.5 Å². The molecule has 128 valence electrons. The molecule has 0 atom stereocenters. The normalized spacial score (nSPS) is 9.80. The topological polar surface area (TPSA) is 113 Å². The number of nitrogens with zero attached hydrogens (tertiary/aromatic N) is 1. The van der Waals surface area contributed by atoms with E-state index in [0.29, 0.717) is 5.56 Å². The highest BCUT2D eigenvalue weighted by Crippen LogP contribution is 2.11. The monoisotopic (exact) mass is 358 g/mol. The van der Waals surface area contributed by atoms with Crippen LogP contribution in [0.3, 0.4) is 0 Å². The Morgan fingerprint density at radius 2 is 1.68 bits per heavy atom. The minimum Gasteiger partial charge on any atom is -0.298 e. The van der Waals surface area contributed by atoms with Crippen molar-refractivity contribution in [2.24, 2.45) is 0 Å². The fourth-order valence-corrected chi connectivity index (χ4v) is 2.06. The van der Waals surface area contributed by atoms with Gasteiger partial charge in [0.15, 0.2) is 5.11 Å². The molecule has 8 nitrogen and oxygen atoms in total. The number of nitro benzene ring substituents is 1. The minimum atomic E-state index is -0.560. The zero-order chi connectivity index (χ0) is 18.4. The van der Waals surface area contributed by atoms with Gasteiger partial charge in [-0.3, -0.25) is 35.9 Å². The van der Waals surface area contributed by atoms with Crippen LogP contribution in [0.1, 0.15) is 26.3 Å². The lowest BCUT2D eigenvalue weighted by Gasteiger charge is -2.11. The van der Waals surface area contributed by atoms with Crippen molar-refractivity contribution in [3.05, 3.63) is 75.3 Å². The maximum atomic E-state index is 12.0. The van der Waals surface area contributed by atoms with Crippen molar-refractivity contribution in [1.82, 2.24) is 16.2 Å². The molecule has 0 aromatic heterocycles. The molecule has 2 rings (SSSR count). The molecule has 0 aliphatic carbocycles. The standard InChI is InChI=1S/C16H14N4O4S/c1-10-3-2-4-12(9-10)14(21)17-16(25)19-18-15(22)11-5-7-13(8-6-11)20(23)24/h2-9H,1H3,(H,18,22)(H2,17,19,21,25). The van der Waals surface area contributed by atoms with Crippen LogP contribution in [0.25, 0.3) is 0 Å². The second kappa shape index (κ2) is 7.97. The average Bonchev–Trinajstić information content (AvgIpc) is 2.59. The first-order valence-electron chi connectivity index (χ1n) is 7.09. The third-order valence-corrected chi connectivity index (χ3v) is 3.34. The molecule has 3 N–H and O–H groups in total. The summed E-state index contributed by atoms with van der Waals surface area (Å²) in [6.45, 7) is 1.86. The van der Waals surface area contributed by atoms with Gasteiger partial charge < -0.3 is 0 Å². The van der Waals surface area contributed by atoms with E-state index >= 15 is 0 Å². The van der Waals surface area contributed by atoms with Crippen LogP contribution in [-0.2, 0) is 0 Å². The first kappa shape index (κ1) is 18.0. The summed E-state index contributed by atoms with van der Waals surface area (Å²) in [7, 11) is 0. The molecule has 0 spiro atoms. The van der Waals surface area contributed by atoms with Gasteiger partial charge in [-0.1, -0.05) is 17.7 Å². The van der Waals surface area contributed by atoms with E-state index in [9.17, 15) is 19.7 Å². The van der Waals surface area contributed by atoms with Crippen molar-refractivity contribution >= 4 is 34.8 Å². The van der Waals surface area contributed by atoms with Gasteiger partial charge in [0.2, 0.25) is 0 Å². The molecule has 0 fully saturated rings. The van der Waals surface area contributed by atoms with Crippen LogP contribution in [0.5, 0.6) is 0 Å². The molecule has 0 unspecified atom stereocenters. The molecule has 0 saturated heterocycles. The van der Waals surface area contributed by atoms with Crippen LogP contribution in [0.4, 0.5) is 5.69 Å². The Morgan fingerprint density at radius 3 is 2.28 bits per heavy atom. The number of amides is 2. The van der Waals surface area contributed by atoms with Gasteiger partial charge in [-0.2, -0.15) is 0 Å². The summed E-state index contributed by atoms with van der Waals surface area (Å²) in [6, 6.07) is 12.0. The summed E-state index contributed by atoms with van der Waals surface area (Å²) in [5.41, 5.74) is 6.15. The Labute approximate surface area is 148 Å². The third-order valence-electron chi connectivity index (χ3n) is 3.14. The number of rotatable bonds is 3. The van der Waals surface area contributed by atoms with Gasteiger partial charge in [-0.15, -0.1) is 0 Å². The lowest BCUT2D eigenvalue weighted by atomic mass is 10.1. The molecule has 2 aromatic rings. The van der Waals surface area contributed by atoms with Crippen LogP contribution in [0.15, 0.2) is 48.5 Å². The molecule has 0 aliphatic heterocycles. The number of nitrogens with one attached hydrogen (secondary N) is 3. The van der Waals surface area contributed by atoms with Gasteiger partial charge in [0.25, 0.3) is 17.5 Å². The Bertz CT molecular complexity index is 836. The summed E-state index contributed by atoms with van der Waals surface area (Å²) in [5, 5.41) is 12.9. The maximum Gasteiger partial charge on any atom is 0.269 e. The molecule has 0 saturated carbocycles. The predicted molar refractivity (Wildman–Crippen MR) is 94.9 cm³/mol. The fraction of sp³-hybridized carbons (Fsp3) is 0.0625. The summed E-state index contributed by atoms with van der Waals surface area (Å²) in [4.78, 5) is 33.9. The SMILES string of the molecule is Cc1cccc(C(=O)NC(=S)NNC(=O)c2ccc([N+](=O)[O-])cc2)c1. The first-order valence-corrected chi connectivity index (χ1v) is 7.50. The molecule has 0 aliphatic rings. The van der Waals surface area contributed by atoms with Crippen LogP contribution in [-0.4, -0.2) is 21.9 Å². The van der Waals surface area contributed by atoms with Crippen molar-refractivity contribution in [3.63, 3.8) is 0 Å². The van der Waals surface area contributed by atoms with Gasteiger partial charge in [0.1, 0.15) is 0 Å². The van der Waals surface area contributed by atoms with Crippen LogP contribution in [0, 0.1) is 17.0 Å². The fourth-order valence-electron chi connectivity index (χ4n) is 1.91.